The van der Waals surface area contributed by atoms with Gasteiger partial charge < -0.3 is 14.6 Å². The minimum atomic E-state index is -0.960. The third-order valence-corrected chi connectivity index (χ3v) is 3.27. The van der Waals surface area contributed by atoms with Crippen LogP contribution in [-0.4, -0.2) is 29.4 Å². The summed E-state index contributed by atoms with van der Waals surface area (Å²) in [6.07, 6.45) is 4.84. The van der Waals surface area contributed by atoms with Gasteiger partial charge in [-0.1, -0.05) is 12.1 Å². The van der Waals surface area contributed by atoms with Gasteiger partial charge in [-0.15, -0.1) is 0 Å². The van der Waals surface area contributed by atoms with E-state index in [0.717, 1.165) is 30.2 Å². The van der Waals surface area contributed by atoms with Crippen molar-refractivity contribution in [2.75, 3.05) is 6.61 Å². The minimum absolute atomic E-state index is 0.0555. The van der Waals surface area contributed by atoms with Crippen LogP contribution in [0.5, 0.6) is 5.75 Å². The molecule has 20 heavy (non-hydrogen) atoms. The molecule has 1 aromatic rings. The van der Waals surface area contributed by atoms with Crippen molar-refractivity contribution in [3.8, 4) is 5.75 Å². The van der Waals surface area contributed by atoms with Crippen molar-refractivity contribution in [1.82, 2.24) is 0 Å². The molecule has 0 bridgehead atoms. The maximum atomic E-state index is 10.5. The summed E-state index contributed by atoms with van der Waals surface area (Å²) in [5, 5.41) is 8.61. The Morgan fingerprint density at radius 2 is 2.35 bits per heavy atom. The standard InChI is InChI=1S/C16H20O4/c1-16(2)9-8-14(20-16)11-19-13-5-3-4-12(10-13)6-7-15(17)18/h3-7,10,14H,8-9,11H2,1-2H3,(H,17,18)/b7-6+. The van der Waals surface area contributed by atoms with Crippen molar-refractivity contribution in [3.05, 3.63) is 35.9 Å². The fourth-order valence-corrected chi connectivity index (χ4v) is 2.26. The molecule has 1 heterocycles. The maximum Gasteiger partial charge on any atom is 0.328 e. The maximum absolute atomic E-state index is 10.5. The highest BCUT2D eigenvalue weighted by Crippen LogP contribution is 2.29. The first-order valence-electron chi connectivity index (χ1n) is 6.76. The van der Waals surface area contributed by atoms with Crippen molar-refractivity contribution >= 4 is 12.0 Å². The van der Waals surface area contributed by atoms with Gasteiger partial charge in [0, 0.05) is 6.08 Å². The Kier molecular flexibility index (Phi) is 4.45. The van der Waals surface area contributed by atoms with E-state index in [0.29, 0.717) is 6.61 Å². The first-order valence-corrected chi connectivity index (χ1v) is 6.76. The number of carboxylic acid groups (broad SMARTS) is 1. The Morgan fingerprint density at radius 3 is 3.00 bits per heavy atom. The number of aliphatic carboxylic acids is 1. The fraction of sp³-hybridized carbons (Fsp3) is 0.438. The highest BCUT2D eigenvalue weighted by molar-refractivity contribution is 5.85. The summed E-state index contributed by atoms with van der Waals surface area (Å²) in [6, 6.07) is 7.36. The van der Waals surface area contributed by atoms with Crippen LogP contribution >= 0.6 is 0 Å². The van der Waals surface area contributed by atoms with Crippen LogP contribution in [-0.2, 0) is 9.53 Å². The van der Waals surface area contributed by atoms with E-state index in [2.05, 4.69) is 13.8 Å². The Labute approximate surface area is 119 Å². The van der Waals surface area contributed by atoms with Gasteiger partial charge in [0.15, 0.2) is 0 Å². The van der Waals surface area contributed by atoms with Crippen LogP contribution in [0.2, 0.25) is 0 Å². The zero-order valence-electron chi connectivity index (χ0n) is 11.8. The molecule has 1 atom stereocenters. The third-order valence-electron chi connectivity index (χ3n) is 3.27. The molecule has 0 spiro atoms. The number of rotatable bonds is 5. The second kappa shape index (κ2) is 6.09. The molecule has 1 aliphatic rings. The van der Waals surface area contributed by atoms with Crippen molar-refractivity contribution in [2.24, 2.45) is 0 Å². The van der Waals surface area contributed by atoms with Crippen LogP contribution in [0.25, 0.3) is 6.08 Å². The van der Waals surface area contributed by atoms with Crippen LogP contribution in [0.15, 0.2) is 30.3 Å². The predicted octanol–water partition coefficient (Wildman–Crippen LogP) is 3.12. The largest absolute Gasteiger partial charge is 0.491 e. The van der Waals surface area contributed by atoms with Crippen LogP contribution in [0, 0.1) is 0 Å². The lowest BCUT2D eigenvalue weighted by Crippen LogP contribution is -2.23. The summed E-state index contributed by atoms with van der Waals surface area (Å²) in [4.78, 5) is 10.5. The SMILES string of the molecule is CC1(C)CCC(COc2cccc(/C=C/C(=O)O)c2)O1. The first kappa shape index (κ1) is 14.6. The van der Waals surface area contributed by atoms with Gasteiger partial charge in [-0.3, -0.25) is 0 Å². The second-order valence-electron chi connectivity index (χ2n) is 5.59. The molecule has 2 rings (SSSR count). The van der Waals surface area contributed by atoms with Crippen LogP contribution in [0.4, 0.5) is 0 Å². The Morgan fingerprint density at radius 1 is 1.55 bits per heavy atom. The Bertz CT molecular complexity index is 505. The highest BCUT2D eigenvalue weighted by Gasteiger charge is 2.31. The molecule has 4 nitrogen and oxygen atoms in total. The van der Waals surface area contributed by atoms with Crippen LogP contribution in [0.1, 0.15) is 32.3 Å². The van der Waals surface area contributed by atoms with Crippen LogP contribution < -0.4 is 4.74 Å². The molecule has 1 N–H and O–H groups in total. The number of benzene rings is 1. The molecular weight excluding hydrogens is 256 g/mol. The topological polar surface area (TPSA) is 55.8 Å². The molecular formula is C16H20O4. The summed E-state index contributed by atoms with van der Waals surface area (Å²) in [5.74, 6) is -0.233. The van der Waals surface area contributed by atoms with E-state index in [1.54, 1.807) is 6.08 Å². The molecule has 1 saturated heterocycles. The molecule has 0 amide bonds. The smallest absolute Gasteiger partial charge is 0.328 e. The summed E-state index contributed by atoms with van der Waals surface area (Å²) >= 11 is 0. The van der Waals surface area contributed by atoms with Gasteiger partial charge >= 0.3 is 5.97 Å². The molecule has 1 unspecified atom stereocenters. The average Bonchev–Trinajstić information content (AvgIpc) is 2.74. The molecule has 0 radical (unpaired) electrons. The summed E-state index contributed by atoms with van der Waals surface area (Å²) in [5.41, 5.74) is 0.748. The molecule has 1 fully saturated rings. The lowest BCUT2D eigenvalue weighted by Gasteiger charge is -2.19. The summed E-state index contributed by atoms with van der Waals surface area (Å²) in [6.45, 7) is 4.70. The van der Waals surface area contributed by atoms with E-state index in [9.17, 15) is 4.79 Å². The van der Waals surface area contributed by atoms with E-state index < -0.39 is 5.97 Å². The summed E-state index contributed by atoms with van der Waals surface area (Å²) in [7, 11) is 0. The normalized spacial score (nSPS) is 21.2. The quantitative estimate of drug-likeness (QED) is 0.839. The Hall–Kier alpha value is -1.81. The van der Waals surface area contributed by atoms with E-state index in [4.69, 9.17) is 14.6 Å². The highest BCUT2D eigenvalue weighted by atomic mass is 16.6. The molecule has 1 aliphatic heterocycles. The van der Waals surface area contributed by atoms with Crippen molar-refractivity contribution in [1.29, 1.82) is 0 Å². The molecule has 4 heteroatoms. The summed E-state index contributed by atoms with van der Waals surface area (Å²) < 4.78 is 11.6. The lowest BCUT2D eigenvalue weighted by atomic mass is 10.1. The van der Waals surface area contributed by atoms with Crippen molar-refractivity contribution in [3.63, 3.8) is 0 Å². The second-order valence-corrected chi connectivity index (χ2v) is 5.59. The van der Waals surface area contributed by atoms with Gasteiger partial charge in [0.2, 0.25) is 0 Å². The zero-order valence-corrected chi connectivity index (χ0v) is 11.8. The number of hydrogen-bond donors (Lipinski definition) is 1. The van der Waals surface area contributed by atoms with Crippen molar-refractivity contribution < 1.29 is 19.4 Å². The van der Waals surface area contributed by atoms with Crippen LogP contribution in [0.3, 0.4) is 0 Å². The number of carbonyl (C=O) groups is 1. The molecule has 108 valence electrons. The van der Waals surface area contributed by atoms with Gasteiger partial charge in [0.05, 0.1) is 11.7 Å². The van der Waals surface area contributed by atoms with Gasteiger partial charge in [-0.25, -0.2) is 4.79 Å². The molecule has 0 saturated carbocycles. The number of ether oxygens (including phenoxy) is 2. The van der Waals surface area contributed by atoms with E-state index in [1.807, 2.05) is 24.3 Å². The molecule has 0 aliphatic carbocycles. The third kappa shape index (κ3) is 4.38. The number of carboxylic acids is 1. The molecule has 1 aromatic carbocycles. The van der Waals surface area contributed by atoms with Gasteiger partial charge in [0.1, 0.15) is 12.4 Å². The van der Waals surface area contributed by atoms with Crippen molar-refractivity contribution in [2.45, 2.75) is 38.4 Å². The minimum Gasteiger partial charge on any atom is -0.491 e. The number of hydrogen-bond acceptors (Lipinski definition) is 3. The average molecular weight is 276 g/mol. The lowest BCUT2D eigenvalue weighted by molar-refractivity contribution is -0.131. The fourth-order valence-electron chi connectivity index (χ4n) is 2.26. The van der Waals surface area contributed by atoms with E-state index in [1.165, 1.54) is 0 Å². The van der Waals surface area contributed by atoms with Gasteiger partial charge in [0.25, 0.3) is 0 Å². The van der Waals surface area contributed by atoms with E-state index in [-0.39, 0.29) is 11.7 Å². The first-order chi connectivity index (χ1) is 9.44. The van der Waals surface area contributed by atoms with Gasteiger partial charge in [-0.2, -0.15) is 0 Å². The van der Waals surface area contributed by atoms with E-state index >= 15 is 0 Å². The Balaban J connectivity index is 1.90. The predicted molar refractivity (Wildman–Crippen MR) is 76.8 cm³/mol. The monoisotopic (exact) mass is 276 g/mol. The van der Waals surface area contributed by atoms with Gasteiger partial charge in [-0.05, 0) is 50.5 Å². The molecule has 0 aromatic heterocycles. The zero-order chi connectivity index (χ0) is 14.6.